The molecule has 2 rings (SSSR count). The van der Waals surface area contributed by atoms with Crippen LogP contribution in [0.25, 0.3) is 0 Å². The van der Waals surface area contributed by atoms with E-state index in [1.807, 2.05) is 29.0 Å². The Morgan fingerprint density at radius 2 is 1.93 bits per heavy atom. The maximum absolute atomic E-state index is 9.12. The van der Waals surface area contributed by atoms with Crippen LogP contribution in [0.3, 0.4) is 0 Å². The first-order chi connectivity index (χ1) is 7.29. The molecule has 1 N–H and O–H groups in total. The SMILES string of the molecule is N#Cc1cccn1Cc1ccc(O)cc1. The molecule has 0 saturated carbocycles. The van der Waals surface area contributed by atoms with E-state index in [-0.39, 0.29) is 5.75 Å². The van der Waals surface area contributed by atoms with Gasteiger partial charge in [0.2, 0.25) is 0 Å². The Kier molecular flexibility index (Phi) is 2.42. The van der Waals surface area contributed by atoms with Crippen molar-refractivity contribution in [1.82, 2.24) is 4.57 Å². The zero-order chi connectivity index (χ0) is 10.7. The standard InChI is InChI=1S/C12H10N2O/c13-8-11-2-1-7-14(11)9-10-3-5-12(15)6-4-10/h1-7,15H,9H2. The van der Waals surface area contributed by atoms with Gasteiger partial charge < -0.3 is 9.67 Å². The minimum atomic E-state index is 0.256. The molecule has 0 unspecified atom stereocenters. The fraction of sp³-hybridized carbons (Fsp3) is 0.0833. The van der Waals surface area contributed by atoms with Crippen molar-refractivity contribution in [3.05, 3.63) is 53.9 Å². The second kappa shape index (κ2) is 3.89. The molecular weight excluding hydrogens is 188 g/mol. The molecular formula is C12H10N2O. The van der Waals surface area contributed by atoms with Gasteiger partial charge in [-0.15, -0.1) is 0 Å². The first-order valence-corrected chi connectivity index (χ1v) is 4.63. The molecule has 0 bridgehead atoms. The van der Waals surface area contributed by atoms with E-state index in [4.69, 9.17) is 10.4 Å². The molecule has 3 heteroatoms. The molecule has 0 radical (unpaired) electrons. The molecule has 0 aliphatic heterocycles. The van der Waals surface area contributed by atoms with Gasteiger partial charge in [-0.3, -0.25) is 0 Å². The summed E-state index contributed by atoms with van der Waals surface area (Å²) in [5.41, 5.74) is 1.70. The quantitative estimate of drug-likeness (QED) is 0.803. The van der Waals surface area contributed by atoms with Crippen LogP contribution in [-0.4, -0.2) is 9.67 Å². The average molecular weight is 198 g/mol. The molecule has 15 heavy (non-hydrogen) atoms. The molecule has 3 nitrogen and oxygen atoms in total. The first kappa shape index (κ1) is 9.35. The fourth-order valence-corrected chi connectivity index (χ4v) is 1.45. The number of hydrogen-bond acceptors (Lipinski definition) is 2. The number of benzene rings is 1. The van der Waals surface area contributed by atoms with Crippen LogP contribution in [0.5, 0.6) is 5.75 Å². The lowest BCUT2D eigenvalue weighted by molar-refractivity contribution is 0.475. The number of phenols is 1. The minimum Gasteiger partial charge on any atom is -0.508 e. The summed E-state index contributed by atoms with van der Waals surface area (Å²) < 4.78 is 1.87. The van der Waals surface area contributed by atoms with Gasteiger partial charge >= 0.3 is 0 Å². The van der Waals surface area contributed by atoms with Gasteiger partial charge in [-0.2, -0.15) is 5.26 Å². The normalized spacial score (nSPS) is 9.80. The van der Waals surface area contributed by atoms with Gasteiger partial charge in [-0.25, -0.2) is 0 Å². The molecule has 74 valence electrons. The second-order valence-corrected chi connectivity index (χ2v) is 3.30. The third-order valence-electron chi connectivity index (χ3n) is 2.23. The molecule has 0 aliphatic carbocycles. The molecule has 0 spiro atoms. The molecule has 2 aromatic rings. The summed E-state index contributed by atoms with van der Waals surface area (Å²) in [5.74, 6) is 0.256. The van der Waals surface area contributed by atoms with Crippen LogP contribution in [-0.2, 0) is 6.54 Å². The Labute approximate surface area is 87.8 Å². The molecule has 1 heterocycles. The van der Waals surface area contributed by atoms with E-state index in [2.05, 4.69) is 6.07 Å². The number of nitrogens with zero attached hydrogens (tertiary/aromatic N) is 2. The first-order valence-electron chi connectivity index (χ1n) is 4.63. The van der Waals surface area contributed by atoms with Crippen molar-refractivity contribution < 1.29 is 5.11 Å². The summed E-state index contributed by atoms with van der Waals surface area (Å²) in [6.45, 7) is 0.649. The fourth-order valence-electron chi connectivity index (χ4n) is 1.45. The van der Waals surface area contributed by atoms with Crippen LogP contribution in [0.1, 0.15) is 11.3 Å². The van der Waals surface area contributed by atoms with E-state index < -0.39 is 0 Å². The molecule has 0 amide bonds. The minimum absolute atomic E-state index is 0.256. The van der Waals surface area contributed by atoms with Gasteiger partial charge in [-0.1, -0.05) is 12.1 Å². The third kappa shape index (κ3) is 2.00. The Balaban J connectivity index is 2.23. The van der Waals surface area contributed by atoms with Gasteiger partial charge in [0.25, 0.3) is 0 Å². The Morgan fingerprint density at radius 1 is 1.20 bits per heavy atom. The largest absolute Gasteiger partial charge is 0.508 e. The second-order valence-electron chi connectivity index (χ2n) is 3.30. The summed E-state index contributed by atoms with van der Waals surface area (Å²) in [5, 5.41) is 17.9. The van der Waals surface area contributed by atoms with Gasteiger partial charge in [0.05, 0.1) is 0 Å². The van der Waals surface area contributed by atoms with E-state index in [1.54, 1.807) is 18.2 Å². The van der Waals surface area contributed by atoms with Crippen LogP contribution in [0.4, 0.5) is 0 Å². The van der Waals surface area contributed by atoms with E-state index in [0.717, 1.165) is 5.56 Å². The zero-order valence-electron chi connectivity index (χ0n) is 8.09. The smallest absolute Gasteiger partial charge is 0.120 e. The van der Waals surface area contributed by atoms with Crippen molar-refractivity contribution in [3.63, 3.8) is 0 Å². The summed E-state index contributed by atoms with van der Waals surface area (Å²) in [4.78, 5) is 0. The predicted molar refractivity (Wildman–Crippen MR) is 56.4 cm³/mol. The lowest BCUT2D eigenvalue weighted by atomic mass is 10.2. The average Bonchev–Trinajstić information content (AvgIpc) is 2.69. The number of rotatable bonds is 2. The Morgan fingerprint density at radius 3 is 2.60 bits per heavy atom. The molecule has 0 aliphatic rings. The number of aromatic nitrogens is 1. The van der Waals surface area contributed by atoms with Gasteiger partial charge in [0.1, 0.15) is 17.5 Å². The van der Waals surface area contributed by atoms with Gasteiger partial charge in [0.15, 0.2) is 0 Å². The van der Waals surface area contributed by atoms with E-state index >= 15 is 0 Å². The maximum Gasteiger partial charge on any atom is 0.120 e. The van der Waals surface area contributed by atoms with Crippen molar-refractivity contribution in [1.29, 1.82) is 5.26 Å². The summed E-state index contributed by atoms with van der Waals surface area (Å²) in [6.07, 6.45) is 1.87. The van der Waals surface area contributed by atoms with E-state index in [1.165, 1.54) is 0 Å². The van der Waals surface area contributed by atoms with Gasteiger partial charge in [-0.05, 0) is 29.8 Å². The maximum atomic E-state index is 9.12. The van der Waals surface area contributed by atoms with Crippen LogP contribution in [0.15, 0.2) is 42.6 Å². The highest BCUT2D eigenvalue weighted by Gasteiger charge is 2.00. The van der Waals surface area contributed by atoms with E-state index in [9.17, 15) is 0 Å². The lowest BCUT2D eigenvalue weighted by Crippen LogP contribution is -1.99. The molecule has 1 aromatic carbocycles. The molecule has 0 atom stereocenters. The van der Waals surface area contributed by atoms with Crippen LogP contribution < -0.4 is 0 Å². The number of aromatic hydroxyl groups is 1. The molecule has 0 fully saturated rings. The van der Waals surface area contributed by atoms with Crippen molar-refractivity contribution in [2.45, 2.75) is 6.54 Å². The topological polar surface area (TPSA) is 49.0 Å². The monoisotopic (exact) mass is 198 g/mol. The predicted octanol–water partition coefficient (Wildman–Crippen LogP) is 2.11. The van der Waals surface area contributed by atoms with E-state index in [0.29, 0.717) is 12.2 Å². The lowest BCUT2D eigenvalue weighted by Gasteiger charge is -2.04. The molecule has 0 saturated heterocycles. The highest BCUT2D eigenvalue weighted by molar-refractivity contribution is 5.28. The van der Waals surface area contributed by atoms with Crippen LogP contribution in [0.2, 0.25) is 0 Å². The van der Waals surface area contributed by atoms with Crippen molar-refractivity contribution in [2.75, 3.05) is 0 Å². The zero-order valence-corrected chi connectivity index (χ0v) is 8.09. The highest BCUT2D eigenvalue weighted by Crippen LogP contribution is 2.12. The van der Waals surface area contributed by atoms with Crippen LogP contribution in [0, 0.1) is 11.3 Å². The summed E-state index contributed by atoms with van der Waals surface area (Å²) >= 11 is 0. The summed E-state index contributed by atoms with van der Waals surface area (Å²) in [7, 11) is 0. The number of hydrogen-bond donors (Lipinski definition) is 1. The Hall–Kier alpha value is -2.21. The van der Waals surface area contributed by atoms with Crippen molar-refractivity contribution >= 4 is 0 Å². The van der Waals surface area contributed by atoms with Crippen molar-refractivity contribution in [2.24, 2.45) is 0 Å². The Bertz CT molecular complexity index is 491. The van der Waals surface area contributed by atoms with Crippen molar-refractivity contribution in [3.8, 4) is 11.8 Å². The van der Waals surface area contributed by atoms with Gasteiger partial charge in [0, 0.05) is 12.7 Å². The highest BCUT2D eigenvalue weighted by atomic mass is 16.3. The number of phenolic OH excluding ortho intramolecular Hbond substituents is 1. The molecule has 1 aromatic heterocycles. The van der Waals surface area contributed by atoms with Crippen LogP contribution >= 0.6 is 0 Å². The number of nitriles is 1. The third-order valence-corrected chi connectivity index (χ3v) is 2.23. The summed E-state index contributed by atoms with van der Waals surface area (Å²) in [6, 6.07) is 12.7.